The van der Waals surface area contributed by atoms with Gasteiger partial charge in [0.2, 0.25) is 0 Å². The van der Waals surface area contributed by atoms with Crippen LogP contribution in [0.1, 0.15) is 30.6 Å². The second-order valence-corrected chi connectivity index (χ2v) is 5.48. The Balaban J connectivity index is 2.08. The van der Waals surface area contributed by atoms with Gasteiger partial charge in [0, 0.05) is 5.56 Å². The van der Waals surface area contributed by atoms with Gasteiger partial charge in [-0.25, -0.2) is 9.48 Å². The molecule has 2 aromatic rings. The molecule has 8 nitrogen and oxygen atoms in total. The Kier molecular flexibility index (Phi) is 5.40. The molecule has 122 valence electrons. The standard InChI is InChI=1S/C15H19N5O3/c1-10(2)8-13(15(22)23-3)17-14(21)11-4-6-12(7-5-11)20-9-16-18-19-20/h4-7,9-10,13H,8H2,1-3H3,(H,17,21)/t13-/m1/s1. The molecule has 8 heteroatoms. The van der Waals surface area contributed by atoms with Gasteiger partial charge in [-0.15, -0.1) is 5.10 Å². The van der Waals surface area contributed by atoms with E-state index in [2.05, 4.69) is 20.8 Å². The Hall–Kier alpha value is -2.77. The van der Waals surface area contributed by atoms with Gasteiger partial charge < -0.3 is 10.1 Å². The van der Waals surface area contributed by atoms with Gasteiger partial charge in [-0.05, 0) is 47.0 Å². The second kappa shape index (κ2) is 7.48. The lowest BCUT2D eigenvalue weighted by molar-refractivity contribution is -0.143. The van der Waals surface area contributed by atoms with Crippen molar-refractivity contribution in [1.82, 2.24) is 25.5 Å². The summed E-state index contributed by atoms with van der Waals surface area (Å²) in [6.07, 6.45) is 1.98. The fourth-order valence-corrected chi connectivity index (χ4v) is 2.11. The van der Waals surface area contributed by atoms with Crippen molar-refractivity contribution < 1.29 is 14.3 Å². The van der Waals surface area contributed by atoms with Gasteiger partial charge in [0.05, 0.1) is 12.8 Å². The van der Waals surface area contributed by atoms with Crippen molar-refractivity contribution in [1.29, 1.82) is 0 Å². The van der Waals surface area contributed by atoms with Crippen molar-refractivity contribution >= 4 is 11.9 Å². The fourth-order valence-electron chi connectivity index (χ4n) is 2.11. The fraction of sp³-hybridized carbons (Fsp3) is 0.400. The minimum absolute atomic E-state index is 0.251. The van der Waals surface area contributed by atoms with Crippen LogP contribution >= 0.6 is 0 Å². The van der Waals surface area contributed by atoms with Crippen LogP contribution in [0.4, 0.5) is 0 Å². The number of tetrazole rings is 1. The number of carbonyl (C=O) groups is 2. The van der Waals surface area contributed by atoms with E-state index in [1.54, 1.807) is 24.3 Å². The number of ether oxygens (including phenoxy) is 1. The molecule has 0 radical (unpaired) electrons. The van der Waals surface area contributed by atoms with Crippen LogP contribution < -0.4 is 5.32 Å². The molecule has 0 bridgehead atoms. The van der Waals surface area contributed by atoms with Gasteiger partial charge in [-0.1, -0.05) is 13.8 Å². The summed E-state index contributed by atoms with van der Waals surface area (Å²) < 4.78 is 6.22. The van der Waals surface area contributed by atoms with Gasteiger partial charge >= 0.3 is 5.97 Å². The Morgan fingerprint density at radius 1 is 1.26 bits per heavy atom. The van der Waals surface area contributed by atoms with Crippen molar-refractivity contribution in [2.75, 3.05) is 7.11 Å². The third-order valence-electron chi connectivity index (χ3n) is 3.24. The number of amides is 1. The summed E-state index contributed by atoms with van der Waals surface area (Å²) in [6, 6.07) is 6.08. The highest BCUT2D eigenvalue weighted by Crippen LogP contribution is 2.10. The smallest absolute Gasteiger partial charge is 0.328 e. The molecule has 0 aliphatic heterocycles. The first-order valence-electron chi connectivity index (χ1n) is 7.23. The Morgan fingerprint density at radius 2 is 1.96 bits per heavy atom. The quantitative estimate of drug-likeness (QED) is 0.797. The molecule has 1 atom stereocenters. The molecule has 23 heavy (non-hydrogen) atoms. The first kappa shape index (κ1) is 16.6. The summed E-state index contributed by atoms with van der Waals surface area (Å²) in [5.74, 6) is -0.525. The van der Waals surface area contributed by atoms with Crippen LogP contribution in [-0.4, -0.2) is 45.2 Å². The molecule has 0 saturated heterocycles. The van der Waals surface area contributed by atoms with Gasteiger partial charge in [-0.3, -0.25) is 4.79 Å². The lowest BCUT2D eigenvalue weighted by atomic mass is 10.0. The lowest BCUT2D eigenvalue weighted by Gasteiger charge is -2.18. The van der Waals surface area contributed by atoms with Crippen molar-refractivity contribution in [2.24, 2.45) is 5.92 Å². The molecule has 0 fully saturated rings. The van der Waals surface area contributed by atoms with E-state index in [0.29, 0.717) is 12.0 Å². The number of esters is 1. The maximum atomic E-state index is 12.3. The zero-order valence-electron chi connectivity index (χ0n) is 13.3. The first-order chi connectivity index (χ1) is 11.0. The highest BCUT2D eigenvalue weighted by atomic mass is 16.5. The van der Waals surface area contributed by atoms with Crippen molar-refractivity contribution in [3.8, 4) is 5.69 Å². The molecule has 2 rings (SSSR count). The van der Waals surface area contributed by atoms with Gasteiger partial charge in [0.25, 0.3) is 5.91 Å². The van der Waals surface area contributed by atoms with E-state index < -0.39 is 12.0 Å². The number of aromatic nitrogens is 4. The molecule has 1 N–H and O–H groups in total. The maximum Gasteiger partial charge on any atom is 0.328 e. The monoisotopic (exact) mass is 317 g/mol. The van der Waals surface area contributed by atoms with Crippen LogP contribution in [0.5, 0.6) is 0 Å². The molecule has 0 saturated carbocycles. The van der Waals surface area contributed by atoms with Gasteiger partial charge in [0.15, 0.2) is 0 Å². The average Bonchev–Trinajstić information content (AvgIpc) is 3.07. The molecule has 1 heterocycles. The van der Waals surface area contributed by atoms with Gasteiger partial charge in [0.1, 0.15) is 12.4 Å². The van der Waals surface area contributed by atoms with E-state index in [1.165, 1.54) is 18.1 Å². The Labute approximate surface area is 133 Å². The molecule has 1 amide bonds. The number of rotatable bonds is 6. The van der Waals surface area contributed by atoms with E-state index in [-0.39, 0.29) is 11.8 Å². The molecule has 1 aromatic carbocycles. The molecule has 0 aliphatic rings. The number of nitrogens with zero attached hydrogens (tertiary/aromatic N) is 4. The number of carbonyl (C=O) groups excluding carboxylic acids is 2. The highest BCUT2D eigenvalue weighted by molar-refractivity contribution is 5.96. The van der Waals surface area contributed by atoms with Crippen LogP contribution in [-0.2, 0) is 9.53 Å². The van der Waals surface area contributed by atoms with E-state index in [4.69, 9.17) is 4.74 Å². The minimum atomic E-state index is -0.660. The highest BCUT2D eigenvalue weighted by Gasteiger charge is 2.23. The van der Waals surface area contributed by atoms with Gasteiger partial charge in [-0.2, -0.15) is 0 Å². The summed E-state index contributed by atoms with van der Waals surface area (Å²) in [4.78, 5) is 24.1. The summed E-state index contributed by atoms with van der Waals surface area (Å²) in [6.45, 7) is 3.95. The topological polar surface area (TPSA) is 99.0 Å². The van der Waals surface area contributed by atoms with E-state index in [1.807, 2.05) is 13.8 Å². The summed E-state index contributed by atoms with van der Waals surface area (Å²) in [5.41, 5.74) is 1.18. The molecule has 0 aliphatic carbocycles. The molecular formula is C15H19N5O3. The average molecular weight is 317 g/mol. The zero-order chi connectivity index (χ0) is 16.8. The van der Waals surface area contributed by atoms with Crippen molar-refractivity contribution in [3.63, 3.8) is 0 Å². The minimum Gasteiger partial charge on any atom is -0.467 e. The predicted octanol–water partition coefficient (Wildman–Crippen LogP) is 0.980. The zero-order valence-corrected chi connectivity index (χ0v) is 13.3. The molecular weight excluding hydrogens is 298 g/mol. The first-order valence-corrected chi connectivity index (χ1v) is 7.23. The Bertz CT molecular complexity index is 652. The van der Waals surface area contributed by atoms with Crippen LogP contribution in [0.25, 0.3) is 5.69 Å². The van der Waals surface area contributed by atoms with Crippen molar-refractivity contribution in [3.05, 3.63) is 36.2 Å². The largest absolute Gasteiger partial charge is 0.467 e. The van der Waals surface area contributed by atoms with Crippen LogP contribution in [0.3, 0.4) is 0 Å². The number of hydrogen-bond donors (Lipinski definition) is 1. The predicted molar refractivity (Wildman–Crippen MR) is 81.9 cm³/mol. The SMILES string of the molecule is COC(=O)[C@@H](CC(C)C)NC(=O)c1ccc(-n2cnnn2)cc1. The van der Waals surface area contributed by atoms with Crippen LogP contribution in [0.15, 0.2) is 30.6 Å². The summed E-state index contributed by atoms with van der Waals surface area (Å²) in [7, 11) is 1.31. The summed E-state index contributed by atoms with van der Waals surface area (Å²) >= 11 is 0. The van der Waals surface area contributed by atoms with Crippen LogP contribution in [0.2, 0.25) is 0 Å². The van der Waals surface area contributed by atoms with E-state index >= 15 is 0 Å². The molecule has 0 spiro atoms. The molecule has 0 unspecified atom stereocenters. The summed E-state index contributed by atoms with van der Waals surface area (Å²) in [5, 5.41) is 13.6. The van der Waals surface area contributed by atoms with Crippen LogP contribution in [0, 0.1) is 5.92 Å². The third kappa shape index (κ3) is 4.35. The molecule has 1 aromatic heterocycles. The van der Waals surface area contributed by atoms with Crippen molar-refractivity contribution in [2.45, 2.75) is 26.3 Å². The number of hydrogen-bond acceptors (Lipinski definition) is 6. The normalized spacial score (nSPS) is 12.0. The maximum absolute atomic E-state index is 12.3. The number of nitrogens with one attached hydrogen (secondary N) is 1. The van der Waals surface area contributed by atoms with E-state index in [0.717, 1.165) is 5.69 Å². The third-order valence-corrected chi connectivity index (χ3v) is 3.24. The number of methoxy groups -OCH3 is 1. The Morgan fingerprint density at radius 3 is 2.48 bits per heavy atom. The second-order valence-electron chi connectivity index (χ2n) is 5.48. The lowest BCUT2D eigenvalue weighted by Crippen LogP contribution is -2.42. The van der Waals surface area contributed by atoms with E-state index in [9.17, 15) is 9.59 Å². The number of benzene rings is 1.